The average molecular weight is 383 g/mol. The summed E-state index contributed by atoms with van der Waals surface area (Å²) in [7, 11) is 0. The molecule has 2 heterocycles. The van der Waals surface area contributed by atoms with Crippen molar-refractivity contribution in [2.45, 2.75) is 64.5 Å². The number of aryl methyl sites for hydroxylation is 1. The number of benzene rings is 1. The fourth-order valence-corrected chi connectivity index (χ4v) is 3.71. The molecule has 3 rings (SSSR count). The Bertz CT molecular complexity index is 787. The van der Waals surface area contributed by atoms with Gasteiger partial charge in [-0.05, 0) is 56.7 Å². The number of para-hydroxylation sites is 1. The smallest absolute Gasteiger partial charge is 0.306 e. The van der Waals surface area contributed by atoms with Gasteiger partial charge in [-0.1, -0.05) is 25.1 Å². The van der Waals surface area contributed by atoms with Crippen LogP contribution in [-0.2, 0) is 20.7 Å². The van der Waals surface area contributed by atoms with Crippen LogP contribution in [0.5, 0.6) is 0 Å². The van der Waals surface area contributed by atoms with Crippen LogP contribution in [0.2, 0.25) is 0 Å². The molecule has 6 heteroatoms. The summed E-state index contributed by atoms with van der Waals surface area (Å²) in [5.74, 6) is -0.421. The quantitative estimate of drug-likeness (QED) is 0.686. The number of piperidine rings is 1. The van der Waals surface area contributed by atoms with E-state index in [0.29, 0.717) is 6.42 Å². The molecule has 2 unspecified atom stereocenters. The third kappa shape index (κ3) is 5.00. The van der Waals surface area contributed by atoms with Crippen LogP contribution in [0, 0.1) is 0 Å². The molecular formula is C22H29N3O3. The summed E-state index contributed by atoms with van der Waals surface area (Å²) in [5, 5.41) is 4.34. The van der Waals surface area contributed by atoms with Crippen molar-refractivity contribution >= 4 is 11.9 Å². The second-order valence-electron chi connectivity index (χ2n) is 7.35. The minimum absolute atomic E-state index is 0.0724. The highest BCUT2D eigenvalue weighted by atomic mass is 16.5. The molecule has 1 fully saturated rings. The second-order valence-corrected chi connectivity index (χ2v) is 7.35. The largest absolute Gasteiger partial charge is 0.453 e. The Morgan fingerprint density at radius 2 is 2.04 bits per heavy atom. The molecule has 0 aliphatic carbocycles. The van der Waals surface area contributed by atoms with E-state index in [2.05, 4.69) is 12.0 Å². The molecule has 0 radical (unpaired) electrons. The van der Waals surface area contributed by atoms with Crippen molar-refractivity contribution in [3.8, 4) is 5.69 Å². The maximum atomic E-state index is 12.7. The molecule has 2 atom stereocenters. The molecule has 1 amide bonds. The lowest BCUT2D eigenvalue weighted by Gasteiger charge is -2.36. The van der Waals surface area contributed by atoms with Gasteiger partial charge in [0.25, 0.3) is 5.91 Å². The van der Waals surface area contributed by atoms with E-state index in [1.807, 2.05) is 41.4 Å². The van der Waals surface area contributed by atoms with Crippen molar-refractivity contribution in [1.82, 2.24) is 14.7 Å². The van der Waals surface area contributed by atoms with Gasteiger partial charge < -0.3 is 9.64 Å². The molecule has 1 aliphatic heterocycles. The van der Waals surface area contributed by atoms with Crippen LogP contribution >= 0.6 is 0 Å². The molecular weight excluding hydrogens is 354 g/mol. The van der Waals surface area contributed by atoms with Gasteiger partial charge >= 0.3 is 5.97 Å². The fourth-order valence-electron chi connectivity index (χ4n) is 3.71. The number of carbonyl (C=O) groups excluding carboxylic acids is 2. The van der Waals surface area contributed by atoms with Gasteiger partial charge in [-0.15, -0.1) is 0 Å². The zero-order valence-electron chi connectivity index (χ0n) is 16.7. The first-order valence-electron chi connectivity index (χ1n) is 10.2. The van der Waals surface area contributed by atoms with Crippen LogP contribution < -0.4 is 0 Å². The number of carbonyl (C=O) groups is 2. The number of amides is 1. The Morgan fingerprint density at radius 3 is 2.79 bits per heavy atom. The minimum atomic E-state index is -0.730. The lowest BCUT2D eigenvalue weighted by Crippen LogP contribution is -2.48. The van der Waals surface area contributed by atoms with E-state index in [9.17, 15) is 9.59 Å². The van der Waals surface area contributed by atoms with Crippen molar-refractivity contribution in [2.24, 2.45) is 0 Å². The first-order valence-corrected chi connectivity index (χ1v) is 10.2. The Hall–Kier alpha value is -2.63. The third-order valence-electron chi connectivity index (χ3n) is 5.31. The molecule has 6 nitrogen and oxygen atoms in total. The predicted octanol–water partition coefficient (Wildman–Crippen LogP) is 3.53. The van der Waals surface area contributed by atoms with E-state index < -0.39 is 6.10 Å². The minimum Gasteiger partial charge on any atom is -0.453 e. The van der Waals surface area contributed by atoms with Crippen molar-refractivity contribution in [3.63, 3.8) is 0 Å². The van der Waals surface area contributed by atoms with E-state index in [4.69, 9.17) is 4.74 Å². The summed E-state index contributed by atoms with van der Waals surface area (Å²) in [5.41, 5.74) is 1.93. The zero-order chi connectivity index (χ0) is 19.9. The first-order chi connectivity index (χ1) is 13.6. The molecule has 0 N–H and O–H groups in total. The maximum absolute atomic E-state index is 12.7. The summed E-state index contributed by atoms with van der Waals surface area (Å²) in [6.07, 6.45) is 7.87. The molecule has 1 aliphatic rings. The Balaban J connectivity index is 1.49. The zero-order valence-corrected chi connectivity index (χ0v) is 16.7. The highest BCUT2D eigenvalue weighted by Crippen LogP contribution is 2.21. The van der Waals surface area contributed by atoms with Crippen molar-refractivity contribution in [2.75, 3.05) is 6.54 Å². The van der Waals surface area contributed by atoms with Crippen LogP contribution in [0.15, 0.2) is 42.7 Å². The van der Waals surface area contributed by atoms with Crippen molar-refractivity contribution in [1.29, 1.82) is 0 Å². The van der Waals surface area contributed by atoms with Gasteiger partial charge in [0.1, 0.15) is 0 Å². The lowest BCUT2D eigenvalue weighted by molar-refractivity contribution is -0.161. The number of likely N-dealkylation sites (tertiary alicyclic amines) is 1. The lowest BCUT2D eigenvalue weighted by atomic mass is 9.99. The average Bonchev–Trinajstić information content (AvgIpc) is 3.21. The molecule has 2 aromatic rings. The van der Waals surface area contributed by atoms with E-state index in [1.54, 1.807) is 17.8 Å². The van der Waals surface area contributed by atoms with Crippen molar-refractivity contribution in [3.05, 3.63) is 48.3 Å². The first kappa shape index (κ1) is 20.1. The standard InChI is InChI=1S/C22H29N3O3/c1-3-19-9-7-8-14-24(19)22(27)17(2)28-21(26)13-12-18-15-23-25(16-18)20-10-5-4-6-11-20/h4-6,10-11,15-17,19H,3,7-9,12-14H2,1-2H3. The predicted molar refractivity (Wildman–Crippen MR) is 107 cm³/mol. The Kier molecular flexibility index (Phi) is 6.85. The van der Waals surface area contributed by atoms with Crippen LogP contribution in [0.4, 0.5) is 0 Å². The summed E-state index contributed by atoms with van der Waals surface area (Å²) in [6.45, 7) is 4.54. The number of ether oxygens (including phenoxy) is 1. The summed E-state index contributed by atoms with van der Waals surface area (Å²) >= 11 is 0. The molecule has 0 bridgehead atoms. The highest BCUT2D eigenvalue weighted by molar-refractivity contribution is 5.83. The highest BCUT2D eigenvalue weighted by Gasteiger charge is 2.30. The number of esters is 1. The van der Waals surface area contributed by atoms with Crippen molar-refractivity contribution < 1.29 is 14.3 Å². The third-order valence-corrected chi connectivity index (χ3v) is 5.31. The van der Waals surface area contributed by atoms with Crippen LogP contribution in [0.1, 0.15) is 51.5 Å². The summed E-state index contributed by atoms with van der Waals surface area (Å²) in [6, 6.07) is 10.1. The molecule has 0 saturated carbocycles. The number of aromatic nitrogens is 2. The van der Waals surface area contributed by atoms with E-state index in [0.717, 1.165) is 43.5 Å². The monoisotopic (exact) mass is 383 g/mol. The molecule has 1 aromatic carbocycles. The number of rotatable bonds is 7. The number of nitrogens with zero attached hydrogens (tertiary/aromatic N) is 3. The molecule has 1 saturated heterocycles. The van der Waals surface area contributed by atoms with Gasteiger partial charge in [0.05, 0.1) is 11.9 Å². The van der Waals surface area contributed by atoms with E-state index in [1.165, 1.54) is 0 Å². The van der Waals surface area contributed by atoms with Crippen LogP contribution in [-0.4, -0.2) is 45.2 Å². The van der Waals surface area contributed by atoms with Gasteiger partial charge in [-0.2, -0.15) is 5.10 Å². The van der Waals surface area contributed by atoms with Gasteiger partial charge in [0.15, 0.2) is 6.10 Å². The summed E-state index contributed by atoms with van der Waals surface area (Å²) in [4.78, 5) is 26.8. The SMILES string of the molecule is CCC1CCCCN1C(=O)C(C)OC(=O)CCc1cnn(-c2ccccc2)c1. The summed E-state index contributed by atoms with van der Waals surface area (Å²) < 4.78 is 7.20. The fraction of sp³-hybridized carbons (Fsp3) is 0.500. The Morgan fingerprint density at radius 1 is 1.25 bits per heavy atom. The van der Waals surface area contributed by atoms with Gasteiger partial charge in [-0.25, -0.2) is 4.68 Å². The van der Waals surface area contributed by atoms with E-state index in [-0.39, 0.29) is 24.3 Å². The van der Waals surface area contributed by atoms with E-state index >= 15 is 0 Å². The van der Waals surface area contributed by atoms with Crippen LogP contribution in [0.3, 0.4) is 0 Å². The van der Waals surface area contributed by atoms with Crippen LogP contribution in [0.25, 0.3) is 5.69 Å². The Labute approximate surface area is 166 Å². The van der Waals surface area contributed by atoms with Gasteiger partial charge in [0.2, 0.25) is 0 Å². The normalized spacial score (nSPS) is 17.9. The maximum Gasteiger partial charge on any atom is 0.306 e. The molecule has 28 heavy (non-hydrogen) atoms. The number of hydrogen-bond donors (Lipinski definition) is 0. The topological polar surface area (TPSA) is 64.4 Å². The van der Waals surface area contributed by atoms with Gasteiger partial charge in [-0.3, -0.25) is 9.59 Å². The molecule has 150 valence electrons. The van der Waals surface area contributed by atoms with Gasteiger partial charge in [0, 0.05) is 25.2 Å². The number of hydrogen-bond acceptors (Lipinski definition) is 4. The second kappa shape index (κ2) is 9.53. The molecule has 1 aromatic heterocycles. The molecule has 0 spiro atoms.